The monoisotopic (exact) mass is 237 g/mol. The van der Waals surface area contributed by atoms with Gasteiger partial charge in [-0.3, -0.25) is 4.79 Å². The number of aryl methyl sites for hydroxylation is 1. The van der Waals surface area contributed by atoms with E-state index in [2.05, 4.69) is 17.2 Å². The number of hydrogen-bond acceptors (Lipinski definition) is 3. The van der Waals surface area contributed by atoms with Crippen molar-refractivity contribution in [1.29, 1.82) is 0 Å². The molecule has 1 N–H and O–H groups in total. The standard InChI is InChI=1S/C12H19N3O2/c1-2-7-15-11(8-13-14-15)9-5-3-4-6-10(9)12(16)17/h8-10H,2-7H2,1H3,(H,16,17). The molecule has 1 heterocycles. The largest absolute Gasteiger partial charge is 0.481 e. The second kappa shape index (κ2) is 5.29. The topological polar surface area (TPSA) is 68.0 Å². The minimum atomic E-state index is -0.682. The maximum Gasteiger partial charge on any atom is 0.307 e. The van der Waals surface area contributed by atoms with E-state index in [4.69, 9.17) is 0 Å². The number of carboxylic acids is 1. The van der Waals surface area contributed by atoms with Crippen LogP contribution in [0.5, 0.6) is 0 Å². The molecule has 1 aromatic heterocycles. The van der Waals surface area contributed by atoms with Gasteiger partial charge in [-0.2, -0.15) is 0 Å². The Morgan fingerprint density at radius 1 is 1.53 bits per heavy atom. The molecule has 1 aliphatic carbocycles. The minimum Gasteiger partial charge on any atom is -0.481 e. The van der Waals surface area contributed by atoms with Gasteiger partial charge in [0.25, 0.3) is 0 Å². The summed E-state index contributed by atoms with van der Waals surface area (Å²) < 4.78 is 1.87. The van der Waals surface area contributed by atoms with Crippen molar-refractivity contribution in [3.63, 3.8) is 0 Å². The fourth-order valence-corrected chi connectivity index (χ4v) is 2.72. The third kappa shape index (κ3) is 2.48. The predicted octanol–water partition coefficient (Wildman–Crippen LogP) is 2.05. The summed E-state index contributed by atoms with van der Waals surface area (Å²) >= 11 is 0. The number of aromatic nitrogens is 3. The fraction of sp³-hybridized carbons (Fsp3) is 0.750. The molecule has 0 radical (unpaired) electrons. The van der Waals surface area contributed by atoms with Gasteiger partial charge in [-0.25, -0.2) is 4.68 Å². The molecule has 0 aromatic carbocycles. The van der Waals surface area contributed by atoms with Gasteiger partial charge in [0.15, 0.2) is 0 Å². The van der Waals surface area contributed by atoms with Crippen LogP contribution < -0.4 is 0 Å². The Labute approximate surface area is 101 Å². The maximum atomic E-state index is 11.3. The summed E-state index contributed by atoms with van der Waals surface area (Å²) in [7, 11) is 0. The first-order valence-corrected chi connectivity index (χ1v) is 6.35. The molecule has 0 amide bonds. The van der Waals surface area contributed by atoms with Crippen molar-refractivity contribution in [3.8, 4) is 0 Å². The summed E-state index contributed by atoms with van der Waals surface area (Å²) in [5.41, 5.74) is 0.999. The van der Waals surface area contributed by atoms with Crippen molar-refractivity contribution in [2.75, 3.05) is 0 Å². The molecule has 2 atom stereocenters. The summed E-state index contributed by atoms with van der Waals surface area (Å²) in [5, 5.41) is 17.3. The van der Waals surface area contributed by atoms with Crippen LogP contribution in [0.1, 0.15) is 50.6 Å². The van der Waals surface area contributed by atoms with E-state index in [0.717, 1.165) is 44.3 Å². The van der Waals surface area contributed by atoms with Gasteiger partial charge >= 0.3 is 5.97 Å². The lowest BCUT2D eigenvalue weighted by atomic mass is 9.77. The van der Waals surface area contributed by atoms with Crippen LogP contribution in [0.3, 0.4) is 0 Å². The zero-order valence-electron chi connectivity index (χ0n) is 10.2. The van der Waals surface area contributed by atoms with Crippen LogP contribution in [0.2, 0.25) is 0 Å². The fourth-order valence-electron chi connectivity index (χ4n) is 2.72. The lowest BCUT2D eigenvalue weighted by Gasteiger charge is -2.28. The van der Waals surface area contributed by atoms with E-state index < -0.39 is 5.97 Å². The SMILES string of the molecule is CCCn1nncc1C1CCCCC1C(=O)O. The quantitative estimate of drug-likeness (QED) is 0.870. The molecule has 1 aliphatic rings. The van der Waals surface area contributed by atoms with Crippen molar-refractivity contribution in [2.24, 2.45) is 5.92 Å². The summed E-state index contributed by atoms with van der Waals surface area (Å²) in [4.78, 5) is 11.3. The molecule has 2 unspecified atom stereocenters. The number of rotatable bonds is 4. The molecular weight excluding hydrogens is 218 g/mol. The third-order valence-corrected chi connectivity index (χ3v) is 3.55. The highest BCUT2D eigenvalue weighted by atomic mass is 16.4. The number of carbonyl (C=O) groups is 1. The van der Waals surface area contributed by atoms with E-state index in [1.54, 1.807) is 6.20 Å². The normalized spacial score (nSPS) is 24.8. The molecule has 0 saturated heterocycles. The Morgan fingerprint density at radius 2 is 2.29 bits per heavy atom. The van der Waals surface area contributed by atoms with Gasteiger partial charge in [0, 0.05) is 12.5 Å². The molecule has 1 aromatic rings. The Hall–Kier alpha value is -1.39. The minimum absolute atomic E-state index is 0.0859. The lowest BCUT2D eigenvalue weighted by Crippen LogP contribution is -2.27. The van der Waals surface area contributed by atoms with E-state index in [1.807, 2.05) is 4.68 Å². The van der Waals surface area contributed by atoms with Crippen molar-refractivity contribution in [1.82, 2.24) is 15.0 Å². The Morgan fingerprint density at radius 3 is 3.00 bits per heavy atom. The highest BCUT2D eigenvalue weighted by molar-refractivity contribution is 5.71. The van der Waals surface area contributed by atoms with Gasteiger partial charge in [-0.15, -0.1) is 5.10 Å². The predicted molar refractivity (Wildman–Crippen MR) is 62.6 cm³/mol. The summed E-state index contributed by atoms with van der Waals surface area (Å²) in [6.07, 6.45) is 6.56. The molecule has 1 fully saturated rings. The Kier molecular flexibility index (Phi) is 3.76. The molecule has 17 heavy (non-hydrogen) atoms. The summed E-state index contributed by atoms with van der Waals surface area (Å²) in [5.74, 6) is -0.861. The average Bonchev–Trinajstić information content (AvgIpc) is 2.77. The van der Waals surface area contributed by atoms with Gasteiger partial charge in [0.1, 0.15) is 0 Å². The summed E-state index contributed by atoms with van der Waals surface area (Å²) in [6.45, 7) is 2.90. The van der Waals surface area contributed by atoms with E-state index >= 15 is 0 Å². The second-order valence-electron chi connectivity index (χ2n) is 4.72. The Balaban J connectivity index is 2.23. The van der Waals surface area contributed by atoms with Crippen molar-refractivity contribution >= 4 is 5.97 Å². The molecule has 2 rings (SSSR count). The van der Waals surface area contributed by atoms with Gasteiger partial charge in [-0.1, -0.05) is 25.0 Å². The highest BCUT2D eigenvalue weighted by Crippen LogP contribution is 2.37. The van der Waals surface area contributed by atoms with Crippen molar-refractivity contribution in [3.05, 3.63) is 11.9 Å². The van der Waals surface area contributed by atoms with Gasteiger partial charge in [0.05, 0.1) is 17.8 Å². The second-order valence-corrected chi connectivity index (χ2v) is 4.72. The molecular formula is C12H19N3O2. The van der Waals surface area contributed by atoms with Crippen LogP contribution in [-0.4, -0.2) is 26.1 Å². The van der Waals surface area contributed by atoms with Gasteiger partial charge in [0.2, 0.25) is 0 Å². The van der Waals surface area contributed by atoms with Crippen LogP contribution in [-0.2, 0) is 11.3 Å². The average molecular weight is 237 g/mol. The molecule has 0 bridgehead atoms. The maximum absolute atomic E-state index is 11.3. The van der Waals surface area contributed by atoms with Crippen LogP contribution in [0.25, 0.3) is 0 Å². The van der Waals surface area contributed by atoms with Crippen LogP contribution in [0.4, 0.5) is 0 Å². The number of hydrogen-bond donors (Lipinski definition) is 1. The summed E-state index contributed by atoms with van der Waals surface area (Å²) in [6, 6.07) is 0. The van der Waals surface area contributed by atoms with Gasteiger partial charge in [-0.05, 0) is 19.3 Å². The molecule has 1 saturated carbocycles. The van der Waals surface area contributed by atoms with Gasteiger partial charge < -0.3 is 5.11 Å². The van der Waals surface area contributed by atoms with E-state index in [1.165, 1.54) is 0 Å². The first-order chi connectivity index (χ1) is 8.24. The molecule has 0 aliphatic heterocycles. The smallest absolute Gasteiger partial charge is 0.307 e. The Bertz CT molecular complexity index is 389. The molecule has 0 spiro atoms. The zero-order valence-corrected chi connectivity index (χ0v) is 10.2. The first kappa shape index (κ1) is 12.1. The van der Waals surface area contributed by atoms with Crippen molar-refractivity contribution < 1.29 is 9.90 Å². The van der Waals surface area contributed by atoms with E-state index in [-0.39, 0.29) is 11.8 Å². The van der Waals surface area contributed by atoms with Crippen LogP contribution >= 0.6 is 0 Å². The molecule has 5 nitrogen and oxygen atoms in total. The van der Waals surface area contributed by atoms with Crippen LogP contribution in [0, 0.1) is 5.92 Å². The van der Waals surface area contributed by atoms with E-state index in [0.29, 0.717) is 0 Å². The molecule has 94 valence electrons. The molecule has 5 heteroatoms. The third-order valence-electron chi connectivity index (χ3n) is 3.55. The first-order valence-electron chi connectivity index (χ1n) is 6.35. The zero-order chi connectivity index (χ0) is 12.3. The number of carboxylic acid groups (broad SMARTS) is 1. The van der Waals surface area contributed by atoms with Crippen molar-refractivity contribution in [2.45, 2.75) is 51.5 Å². The van der Waals surface area contributed by atoms with Crippen LogP contribution in [0.15, 0.2) is 6.20 Å². The number of nitrogens with zero attached hydrogens (tertiary/aromatic N) is 3. The number of aliphatic carboxylic acids is 1. The highest BCUT2D eigenvalue weighted by Gasteiger charge is 2.33. The lowest BCUT2D eigenvalue weighted by molar-refractivity contribution is -0.143. The van der Waals surface area contributed by atoms with E-state index in [9.17, 15) is 9.90 Å².